The second kappa shape index (κ2) is 5.34. The molecule has 0 atom stereocenters. The molecule has 0 spiro atoms. The number of hydrogen-bond acceptors (Lipinski definition) is 3. The third kappa shape index (κ3) is 2.34. The van der Waals surface area contributed by atoms with E-state index in [9.17, 15) is 4.79 Å². The molecular formula is C13H14N4O. The van der Waals surface area contributed by atoms with Crippen molar-refractivity contribution in [3.05, 3.63) is 36.0 Å². The van der Waals surface area contributed by atoms with Crippen molar-refractivity contribution in [3.63, 3.8) is 0 Å². The van der Waals surface area contributed by atoms with Crippen LogP contribution in [0, 0.1) is 11.3 Å². The number of para-hydroxylation sites is 1. The highest BCUT2D eigenvalue weighted by Gasteiger charge is 2.12. The second-order valence-corrected chi connectivity index (χ2v) is 3.94. The molecule has 1 aromatic heterocycles. The lowest BCUT2D eigenvalue weighted by molar-refractivity contribution is 0.0926. The van der Waals surface area contributed by atoms with Crippen molar-refractivity contribution in [1.82, 2.24) is 15.4 Å². The Morgan fingerprint density at radius 1 is 1.44 bits per heavy atom. The van der Waals surface area contributed by atoms with Crippen molar-refractivity contribution >= 4 is 16.8 Å². The molecule has 2 rings (SSSR count). The molecule has 2 N–H and O–H groups in total. The van der Waals surface area contributed by atoms with Crippen molar-refractivity contribution in [2.45, 2.75) is 6.42 Å². The molecule has 0 aliphatic rings. The molecule has 5 heteroatoms. The van der Waals surface area contributed by atoms with Gasteiger partial charge in [0.1, 0.15) is 5.69 Å². The monoisotopic (exact) mass is 242 g/mol. The highest BCUT2D eigenvalue weighted by Crippen LogP contribution is 2.17. The van der Waals surface area contributed by atoms with Crippen LogP contribution in [-0.4, -0.2) is 17.0 Å². The van der Waals surface area contributed by atoms with E-state index in [0.717, 1.165) is 10.9 Å². The summed E-state index contributed by atoms with van der Waals surface area (Å²) < 4.78 is 1.84. The lowest BCUT2D eigenvalue weighted by Gasteiger charge is -2.06. The molecule has 92 valence electrons. The summed E-state index contributed by atoms with van der Waals surface area (Å²) in [6, 6.07) is 11.7. The first-order chi connectivity index (χ1) is 8.74. The summed E-state index contributed by atoms with van der Waals surface area (Å²) in [5.74, 6) is -0.202. The highest BCUT2D eigenvalue weighted by atomic mass is 16.2. The zero-order chi connectivity index (χ0) is 13.0. The Balaban J connectivity index is 2.13. The molecule has 1 aromatic carbocycles. The van der Waals surface area contributed by atoms with E-state index in [1.807, 2.05) is 48.0 Å². The van der Waals surface area contributed by atoms with Crippen molar-refractivity contribution in [1.29, 1.82) is 5.26 Å². The number of rotatable bonds is 4. The van der Waals surface area contributed by atoms with Gasteiger partial charge in [0, 0.05) is 30.9 Å². The maximum Gasteiger partial charge on any atom is 0.282 e. The number of carbonyl (C=O) groups excluding carboxylic acids is 1. The summed E-state index contributed by atoms with van der Waals surface area (Å²) >= 11 is 0. The van der Waals surface area contributed by atoms with Gasteiger partial charge in [-0.3, -0.25) is 10.2 Å². The van der Waals surface area contributed by atoms with Crippen LogP contribution in [0.15, 0.2) is 30.3 Å². The number of nitrogens with zero attached hydrogens (tertiary/aromatic N) is 2. The van der Waals surface area contributed by atoms with Gasteiger partial charge >= 0.3 is 0 Å². The first kappa shape index (κ1) is 12.1. The number of amides is 1. The Bertz CT molecular complexity index is 609. The van der Waals surface area contributed by atoms with Crippen LogP contribution in [0.25, 0.3) is 10.9 Å². The highest BCUT2D eigenvalue weighted by molar-refractivity contribution is 5.98. The SMILES string of the molecule is Cn1c(C(=O)NNCCC#N)cc2ccccc21. The number of nitriles is 1. The molecule has 2 aromatic rings. The first-order valence-electron chi connectivity index (χ1n) is 5.68. The summed E-state index contributed by atoms with van der Waals surface area (Å²) in [6.07, 6.45) is 0.357. The molecule has 0 bridgehead atoms. The number of hydrazine groups is 1. The average Bonchev–Trinajstić information content (AvgIpc) is 2.73. The number of fused-ring (bicyclic) bond motifs is 1. The summed E-state index contributed by atoms with van der Waals surface area (Å²) in [4.78, 5) is 11.9. The van der Waals surface area contributed by atoms with Crippen molar-refractivity contribution in [2.75, 3.05) is 6.54 Å². The summed E-state index contributed by atoms with van der Waals surface area (Å²) in [7, 11) is 1.85. The molecular weight excluding hydrogens is 228 g/mol. The van der Waals surface area contributed by atoms with E-state index in [4.69, 9.17) is 5.26 Å². The molecule has 0 unspecified atom stereocenters. The fourth-order valence-corrected chi connectivity index (χ4v) is 1.83. The normalized spacial score (nSPS) is 10.2. The predicted molar refractivity (Wildman–Crippen MR) is 68.6 cm³/mol. The summed E-state index contributed by atoms with van der Waals surface area (Å²) in [5.41, 5.74) is 6.89. The van der Waals surface area contributed by atoms with Crippen molar-refractivity contribution in [3.8, 4) is 6.07 Å². The van der Waals surface area contributed by atoms with Crippen LogP contribution in [0.1, 0.15) is 16.9 Å². The number of hydrogen-bond donors (Lipinski definition) is 2. The fourth-order valence-electron chi connectivity index (χ4n) is 1.83. The van der Waals surface area contributed by atoms with Gasteiger partial charge in [-0.1, -0.05) is 18.2 Å². The molecule has 5 nitrogen and oxygen atoms in total. The lowest BCUT2D eigenvalue weighted by Crippen LogP contribution is -2.38. The van der Waals surface area contributed by atoms with E-state index in [2.05, 4.69) is 10.9 Å². The van der Waals surface area contributed by atoms with E-state index < -0.39 is 0 Å². The molecule has 0 radical (unpaired) electrons. The van der Waals surface area contributed by atoms with E-state index >= 15 is 0 Å². The summed E-state index contributed by atoms with van der Waals surface area (Å²) in [6.45, 7) is 0.437. The van der Waals surface area contributed by atoms with Gasteiger partial charge in [-0.2, -0.15) is 5.26 Å². The van der Waals surface area contributed by atoms with Crippen molar-refractivity contribution in [2.24, 2.45) is 7.05 Å². The Labute approximate surface area is 105 Å². The van der Waals surface area contributed by atoms with E-state index in [0.29, 0.717) is 18.7 Å². The Morgan fingerprint density at radius 3 is 2.94 bits per heavy atom. The number of carbonyl (C=O) groups is 1. The van der Waals surface area contributed by atoms with Crippen LogP contribution in [-0.2, 0) is 7.05 Å². The number of aromatic nitrogens is 1. The third-order valence-electron chi connectivity index (χ3n) is 2.75. The van der Waals surface area contributed by atoms with Crippen molar-refractivity contribution < 1.29 is 4.79 Å². The molecule has 1 heterocycles. The minimum Gasteiger partial charge on any atom is -0.340 e. The van der Waals surface area contributed by atoms with Gasteiger partial charge in [0.2, 0.25) is 0 Å². The fraction of sp³-hybridized carbons (Fsp3) is 0.231. The Kier molecular flexibility index (Phi) is 3.60. The summed E-state index contributed by atoms with van der Waals surface area (Å²) in [5, 5.41) is 9.41. The quantitative estimate of drug-likeness (QED) is 0.627. The Morgan fingerprint density at radius 2 is 2.22 bits per heavy atom. The molecule has 0 saturated carbocycles. The minimum atomic E-state index is -0.202. The number of benzene rings is 1. The zero-order valence-corrected chi connectivity index (χ0v) is 10.1. The van der Waals surface area contributed by atoms with Gasteiger partial charge in [0.05, 0.1) is 6.07 Å². The van der Waals surface area contributed by atoms with Gasteiger partial charge in [-0.15, -0.1) is 0 Å². The molecule has 0 fully saturated rings. The maximum atomic E-state index is 11.9. The van der Waals surface area contributed by atoms with E-state index in [1.165, 1.54) is 0 Å². The van der Waals surface area contributed by atoms with Crippen LogP contribution < -0.4 is 10.9 Å². The third-order valence-corrected chi connectivity index (χ3v) is 2.75. The second-order valence-electron chi connectivity index (χ2n) is 3.94. The first-order valence-corrected chi connectivity index (χ1v) is 5.68. The van der Waals surface area contributed by atoms with Gasteiger partial charge in [0.25, 0.3) is 5.91 Å². The van der Waals surface area contributed by atoms with E-state index in [1.54, 1.807) is 0 Å². The molecule has 0 aliphatic carbocycles. The van der Waals surface area contributed by atoms with Crippen LogP contribution in [0.2, 0.25) is 0 Å². The van der Waals surface area contributed by atoms with Gasteiger partial charge in [-0.05, 0) is 12.1 Å². The average molecular weight is 242 g/mol. The molecule has 1 amide bonds. The zero-order valence-electron chi connectivity index (χ0n) is 10.1. The Hall–Kier alpha value is -2.32. The van der Waals surface area contributed by atoms with E-state index in [-0.39, 0.29) is 5.91 Å². The number of aryl methyl sites for hydroxylation is 1. The van der Waals surface area contributed by atoms with Crippen LogP contribution in [0.3, 0.4) is 0 Å². The van der Waals surface area contributed by atoms with Crippen LogP contribution in [0.5, 0.6) is 0 Å². The van der Waals surface area contributed by atoms with Gasteiger partial charge < -0.3 is 4.57 Å². The lowest BCUT2D eigenvalue weighted by atomic mass is 10.2. The van der Waals surface area contributed by atoms with Crippen LogP contribution >= 0.6 is 0 Å². The smallest absolute Gasteiger partial charge is 0.282 e. The molecule has 0 saturated heterocycles. The predicted octanol–water partition coefficient (Wildman–Crippen LogP) is 1.33. The standard InChI is InChI=1S/C13H14N4O/c1-17-11-6-3-2-5-10(11)9-12(17)13(18)16-15-8-4-7-14/h2-3,5-6,9,15H,4,8H2,1H3,(H,16,18). The molecule has 0 aliphatic heterocycles. The van der Waals surface area contributed by atoms with Gasteiger partial charge in [0.15, 0.2) is 0 Å². The van der Waals surface area contributed by atoms with Gasteiger partial charge in [-0.25, -0.2) is 5.43 Å². The largest absolute Gasteiger partial charge is 0.340 e. The molecule has 18 heavy (non-hydrogen) atoms. The van der Waals surface area contributed by atoms with Crippen LogP contribution in [0.4, 0.5) is 0 Å². The maximum absolute atomic E-state index is 11.9. The topological polar surface area (TPSA) is 69.8 Å². The number of nitrogens with one attached hydrogen (secondary N) is 2. The minimum absolute atomic E-state index is 0.202.